The van der Waals surface area contributed by atoms with Crippen molar-refractivity contribution in [2.24, 2.45) is 0 Å². The Morgan fingerprint density at radius 3 is 2.42 bits per heavy atom. The Morgan fingerprint density at radius 2 is 1.74 bits per heavy atom. The second-order valence-corrected chi connectivity index (χ2v) is 9.10. The van der Waals surface area contributed by atoms with Gasteiger partial charge in [-0.05, 0) is 72.2 Å². The molecule has 3 aromatic rings. The Hall–Kier alpha value is -4.01. The number of nitrogens with one attached hydrogen (secondary N) is 1. The maximum Gasteiger partial charge on any atom is 0.335 e. The van der Waals surface area contributed by atoms with Crippen molar-refractivity contribution in [2.75, 3.05) is 18.6 Å². The van der Waals surface area contributed by atoms with E-state index in [0.29, 0.717) is 28.7 Å². The van der Waals surface area contributed by atoms with Crippen LogP contribution in [0.4, 0.5) is 10.5 Å². The summed E-state index contributed by atoms with van der Waals surface area (Å²) < 4.78 is 16.9. The van der Waals surface area contributed by atoms with Crippen molar-refractivity contribution in [3.05, 3.63) is 87.4 Å². The van der Waals surface area contributed by atoms with Crippen LogP contribution in [-0.4, -0.2) is 31.6 Å². The van der Waals surface area contributed by atoms with E-state index in [-0.39, 0.29) is 28.6 Å². The first kappa shape index (κ1) is 27.0. The van der Waals surface area contributed by atoms with Gasteiger partial charge < -0.3 is 14.2 Å². The van der Waals surface area contributed by atoms with E-state index < -0.39 is 17.8 Å². The van der Waals surface area contributed by atoms with Crippen molar-refractivity contribution in [3.63, 3.8) is 0 Å². The molecule has 0 atom stereocenters. The van der Waals surface area contributed by atoms with Gasteiger partial charge in [0.25, 0.3) is 11.8 Å². The Morgan fingerprint density at radius 1 is 0.974 bits per heavy atom. The van der Waals surface area contributed by atoms with Gasteiger partial charge in [-0.25, -0.2) is 9.69 Å². The summed E-state index contributed by atoms with van der Waals surface area (Å²) >= 11 is 12.5. The van der Waals surface area contributed by atoms with E-state index in [0.717, 1.165) is 16.9 Å². The maximum absolute atomic E-state index is 13.2. The number of methoxy groups -OCH3 is 1. The van der Waals surface area contributed by atoms with Gasteiger partial charge in [-0.3, -0.25) is 14.9 Å². The molecule has 0 aliphatic carbocycles. The molecule has 4 amide bonds. The first-order chi connectivity index (χ1) is 18.3. The van der Waals surface area contributed by atoms with Gasteiger partial charge in [0.05, 0.1) is 24.4 Å². The van der Waals surface area contributed by atoms with Gasteiger partial charge in [-0.1, -0.05) is 42.3 Å². The molecule has 0 saturated carbocycles. The van der Waals surface area contributed by atoms with Crippen LogP contribution in [0, 0.1) is 0 Å². The molecule has 1 N–H and O–H groups in total. The summed E-state index contributed by atoms with van der Waals surface area (Å²) in [5.41, 5.74) is 1.27. The molecule has 38 heavy (non-hydrogen) atoms. The number of anilines is 1. The molecule has 4 rings (SSSR count). The molecule has 10 heteroatoms. The third-order valence-corrected chi connectivity index (χ3v) is 6.02. The first-order valence-corrected chi connectivity index (χ1v) is 12.5. The topological polar surface area (TPSA) is 94.2 Å². The van der Waals surface area contributed by atoms with E-state index in [9.17, 15) is 14.4 Å². The van der Waals surface area contributed by atoms with Crippen LogP contribution in [0.3, 0.4) is 0 Å². The molecule has 3 aromatic carbocycles. The number of nitrogens with zero attached hydrogens (tertiary/aromatic N) is 1. The van der Waals surface area contributed by atoms with Crippen molar-refractivity contribution in [1.29, 1.82) is 0 Å². The zero-order valence-corrected chi connectivity index (χ0v) is 22.1. The lowest BCUT2D eigenvalue weighted by atomic mass is 10.1. The molecule has 196 valence electrons. The zero-order valence-electron chi connectivity index (χ0n) is 20.6. The number of carbonyl (C=O) groups is 3. The lowest BCUT2D eigenvalue weighted by Gasteiger charge is -2.26. The number of imide groups is 2. The number of barbiturate groups is 1. The molecule has 1 aliphatic heterocycles. The lowest BCUT2D eigenvalue weighted by molar-refractivity contribution is -0.122. The zero-order chi connectivity index (χ0) is 27.2. The van der Waals surface area contributed by atoms with Crippen molar-refractivity contribution in [3.8, 4) is 17.2 Å². The quantitative estimate of drug-likeness (QED) is 0.256. The van der Waals surface area contributed by atoms with Crippen LogP contribution in [0.2, 0.25) is 10.0 Å². The van der Waals surface area contributed by atoms with E-state index in [2.05, 4.69) is 5.32 Å². The van der Waals surface area contributed by atoms with Crippen LogP contribution < -0.4 is 24.4 Å². The third-order valence-electron chi connectivity index (χ3n) is 5.50. The fourth-order valence-electron chi connectivity index (χ4n) is 3.72. The second-order valence-electron chi connectivity index (χ2n) is 8.25. The Labute approximate surface area is 229 Å². The Bertz CT molecular complexity index is 1400. The van der Waals surface area contributed by atoms with Gasteiger partial charge >= 0.3 is 6.03 Å². The van der Waals surface area contributed by atoms with Gasteiger partial charge in [0, 0.05) is 5.02 Å². The molecular formula is C28H24Cl2N2O6. The van der Waals surface area contributed by atoms with Crippen LogP contribution in [0.15, 0.2) is 66.2 Å². The average molecular weight is 555 g/mol. The first-order valence-electron chi connectivity index (χ1n) is 11.7. The van der Waals surface area contributed by atoms with Gasteiger partial charge in [-0.2, -0.15) is 0 Å². The number of ether oxygens (including phenoxy) is 3. The second kappa shape index (κ2) is 12.0. The van der Waals surface area contributed by atoms with Gasteiger partial charge in [0.2, 0.25) is 0 Å². The molecule has 8 nitrogen and oxygen atoms in total. The number of carbonyl (C=O) groups excluding carboxylic acids is 3. The third kappa shape index (κ3) is 6.10. The van der Waals surface area contributed by atoms with Crippen LogP contribution >= 0.6 is 23.2 Å². The molecule has 1 heterocycles. The minimum absolute atomic E-state index is 0.192. The summed E-state index contributed by atoms with van der Waals surface area (Å²) in [7, 11) is 1.45. The lowest BCUT2D eigenvalue weighted by Crippen LogP contribution is -2.54. The van der Waals surface area contributed by atoms with Gasteiger partial charge in [0.1, 0.15) is 17.9 Å². The highest BCUT2D eigenvalue weighted by molar-refractivity contribution is 6.39. The van der Waals surface area contributed by atoms with E-state index >= 15 is 0 Å². The predicted molar refractivity (Wildman–Crippen MR) is 145 cm³/mol. The number of benzene rings is 3. The van der Waals surface area contributed by atoms with Crippen LogP contribution in [0.25, 0.3) is 6.08 Å². The van der Waals surface area contributed by atoms with Crippen molar-refractivity contribution < 1.29 is 28.6 Å². The van der Waals surface area contributed by atoms with Gasteiger partial charge in [-0.15, -0.1) is 0 Å². The molecule has 0 radical (unpaired) electrons. The summed E-state index contributed by atoms with van der Waals surface area (Å²) in [6.45, 7) is 2.72. The minimum Gasteiger partial charge on any atom is -0.494 e. The summed E-state index contributed by atoms with van der Waals surface area (Å²) in [4.78, 5) is 39.3. The van der Waals surface area contributed by atoms with Crippen LogP contribution in [0.5, 0.6) is 17.2 Å². The number of halogens is 2. The molecule has 1 fully saturated rings. The predicted octanol–water partition coefficient (Wildman–Crippen LogP) is 6.04. The monoisotopic (exact) mass is 554 g/mol. The van der Waals surface area contributed by atoms with E-state index in [4.69, 9.17) is 37.4 Å². The molecule has 0 spiro atoms. The average Bonchev–Trinajstić information content (AvgIpc) is 2.89. The normalized spacial score (nSPS) is 14.5. The number of amides is 4. The van der Waals surface area contributed by atoms with E-state index in [1.165, 1.54) is 19.3 Å². The fourth-order valence-corrected chi connectivity index (χ4v) is 4.20. The Balaban J connectivity index is 1.59. The Kier molecular flexibility index (Phi) is 8.55. The van der Waals surface area contributed by atoms with E-state index in [1.54, 1.807) is 42.5 Å². The largest absolute Gasteiger partial charge is 0.494 e. The molecular weight excluding hydrogens is 531 g/mol. The molecule has 0 unspecified atom stereocenters. The van der Waals surface area contributed by atoms with Crippen LogP contribution in [0.1, 0.15) is 24.5 Å². The summed E-state index contributed by atoms with van der Waals surface area (Å²) in [5.74, 6) is -0.414. The summed E-state index contributed by atoms with van der Waals surface area (Å²) in [6, 6.07) is 15.9. The van der Waals surface area contributed by atoms with E-state index in [1.807, 2.05) is 19.1 Å². The molecule has 0 aromatic heterocycles. The number of hydrogen-bond donors (Lipinski definition) is 1. The maximum atomic E-state index is 13.2. The molecule has 0 bridgehead atoms. The van der Waals surface area contributed by atoms with Crippen molar-refractivity contribution in [2.45, 2.75) is 20.0 Å². The SMILES string of the molecule is CCCOc1ccc(N2C(=O)NC(=O)/C(=C/c3cc(Cl)c(OCc4cccc(Cl)c4)c(OC)c3)C2=O)cc1. The van der Waals surface area contributed by atoms with Crippen molar-refractivity contribution >= 4 is 52.8 Å². The van der Waals surface area contributed by atoms with Crippen molar-refractivity contribution in [1.82, 2.24) is 5.32 Å². The highest BCUT2D eigenvalue weighted by Gasteiger charge is 2.37. The number of hydrogen-bond acceptors (Lipinski definition) is 6. The number of urea groups is 1. The molecule has 1 aliphatic rings. The smallest absolute Gasteiger partial charge is 0.335 e. The highest BCUT2D eigenvalue weighted by Crippen LogP contribution is 2.38. The minimum atomic E-state index is -0.847. The number of rotatable bonds is 9. The summed E-state index contributed by atoms with van der Waals surface area (Å²) in [6.07, 6.45) is 2.18. The van der Waals surface area contributed by atoms with Gasteiger partial charge in [0.15, 0.2) is 11.5 Å². The fraction of sp³-hybridized carbons (Fsp3) is 0.179. The summed E-state index contributed by atoms with van der Waals surface area (Å²) in [5, 5.41) is 2.99. The highest BCUT2D eigenvalue weighted by atomic mass is 35.5. The standard InChI is InChI=1S/C28H24Cl2N2O6/c1-3-11-37-21-9-7-20(8-10-21)32-27(34)22(26(33)31-28(32)35)13-18-14-23(30)25(24(15-18)36-2)38-16-17-5-4-6-19(29)12-17/h4-10,12-15H,3,11,16H2,1-2H3,(H,31,33,35)/b22-13-. The van der Waals surface area contributed by atoms with Crippen LogP contribution in [-0.2, 0) is 16.2 Å². The molecule has 1 saturated heterocycles.